The van der Waals surface area contributed by atoms with Gasteiger partial charge in [-0.2, -0.15) is 0 Å². The summed E-state index contributed by atoms with van der Waals surface area (Å²) in [5.74, 6) is 0.604. The van der Waals surface area contributed by atoms with Crippen LogP contribution in [0.2, 0.25) is 0 Å². The quantitative estimate of drug-likeness (QED) is 0.529. The Kier molecular flexibility index (Phi) is 7.35. The fraction of sp³-hybridized carbons (Fsp3) is 0.375. The molecule has 1 aromatic heterocycles. The second-order valence-electron chi connectivity index (χ2n) is 7.86. The molecule has 2 aromatic carbocycles. The number of ether oxygens (including phenoxy) is 2. The zero-order valence-electron chi connectivity index (χ0n) is 19.1. The molecule has 0 saturated carbocycles. The van der Waals surface area contributed by atoms with Crippen molar-refractivity contribution in [2.24, 2.45) is 5.92 Å². The van der Waals surface area contributed by atoms with Gasteiger partial charge >= 0.3 is 0 Å². The van der Waals surface area contributed by atoms with Crippen molar-refractivity contribution >= 4 is 28.8 Å². The van der Waals surface area contributed by atoms with Crippen LogP contribution in [0.3, 0.4) is 0 Å². The fourth-order valence-electron chi connectivity index (χ4n) is 3.51. The molecule has 2 amide bonds. The number of hydrogen-bond acceptors (Lipinski definition) is 5. The smallest absolute Gasteiger partial charge is 0.252 e. The van der Waals surface area contributed by atoms with E-state index in [1.807, 2.05) is 42.7 Å². The van der Waals surface area contributed by atoms with Crippen molar-refractivity contribution in [3.63, 3.8) is 0 Å². The number of methoxy groups -OCH3 is 2. The van der Waals surface area contributed by atoms with E-state index < -0.39 is 11.9 Å². The van der Waals surface area contributed by atoms with E-state index in [2.05, 4.69) is 22.5 Å². The normalized spacial score (nSPS) is 11.9. The van der Waals surface area contributed by atoms with Gasteiger partial charge < -0.3 is 19.4 Å². The first-order valence-electron chi connectivity index (χ1n) is 10.7. The molecule has 8 heteroatoms. The van der Waals surface area contributed by atoms with Crippen LogP contribution < -0.4 is 20.1 Å². The lowest BCUT2D eigenvalue weighted by atomic mass is 10.0. The molecule has 0 bridgehead atoms. The number of rotatable bonds is 9. The summed E-state index contributed by atoms with van der Waals surface area (Å²) >= 11 is 0. The average molecular weight is 439 g/mol. The van der Waals surface area contributed by atoms with Crippen molar-refractivity contribution in [3.05, 3.63) is 48.0 Å². The van der Waals surface area contributed by atoms with Crippen molar-refractivity contribution in [1.29, 1.82) is 0 Å². The Bertz CT molecular complexity index is 1080. The molecule has 0 radical (unpaired) electrons. The number of hydrogen-bond donors (Lipinski definition) is 2. The number of para-hydroxylation sites is 2. The molecule has 0 unspecified atom stereocenters. The summed E-state index contributed by atoms with van der Waals surface area (Å²) < 4.78 is 12.5. The number of nitrogens with one attached hydrogen (secondary N) is 2. The molecule has 32 heavy (non-hydrogen) atoms. The molecule has 0 saturated heterocycles. The summed E-state index contributed by atoms with van der Waals surface area (Å²) in [5, 5.41) is 5.76. The molecular formula is C24H30N4O4. The number of aryl methyl sites for hydroxylation is 1. The van der Waals surface area contributed by atoms with Gasteiger partial charge in [-0.15, -0.1) is 0 Å². The molecule has 8 nitrogen and oxygen atoms in total. The van der Waals surface area contributed by atoms with Crippen molar-refractivity contribution in [2.45, 2.75) is 39.8 Å². The van der Waals surface area contributed by atoms with E-state index in [-0.39, 0.29) is 11.8 Å². The first-order chi connectivity index (χ1) is 15.4. The Morgan fingerprint density at radius 3 is 2.31 bits per heavy atom. The molecule has 0 aliphatic rings. The number of carbonyl (C=O) groups is 2. The third-order valence-electron chi connectivity index (χ3n) is 5.19. The van der Waals surface area contributed by atoms with Crippen LogP contribution in [0.1, 0.15) is 37.6 Å². The molecular weight excluding hydrogens is 408 g/mol. The summed E-state index contributed by atoms with van der Waals surface area (Å²) in [4.78, 5) is 30.7. The van der Waals surface area contributed by atoms with E-state index in [0.29, 0.717) is 23.0 Å². The van der Waals surface area contributed by atoms with Crippen molar-refractivity contribution in [2.75, 3.05) is 19.5 Å². The maximum atomic E-state index is 13.2. The third-order valence-corrected chi connectivity index (χ3v) is 5.19. The van der Waals surface area contributed by atoms with Gasteiger partial charge in [0.15, 0.2) is 0 Å². The topological polar surface area (TPSA) is 94.5 Å². The summed E-state index contributed by atoms with van der Waals surface area (Å²) in [6.07, 6.45) is 0.894. The van der Waals surface area contributed by atoms with Gasteiger partial charge in [-0.05, 0) is 36.6 Å². The average Bonchev–Trinajstić information content (AvgIpc) is 3.13. The number of fused-ring (bicyclic) bond motifs is 1. The number of benzene rings is 2. The monoisotopic (exact) mass is 438 g/mol. The highest BCUT2D eigenvalue weighted by molar-refractivity contribution is 6.01. The molecule has 170 valence electrons. The minimum atomic E-state index is -0.755. The van der Waals surface area contributed by atoms with E-state index in [9.17, 15) is 9.59 Å². The minimum absolute atomic E-state index is 0.143. The van der Waals surface area contributed by atoms with Gasteiger partial charge in [-0.3, -0.25) is 14.9 Å². The molecule has 0 fully saturated rings. The van der Waals surface area contributed by atoms with Gasteiger partial charge in [-0.1, -0.05) is 32.9 Å². The second kappa shape index (κ2) is 10.2. The van der Waals surface area contributed by atoms with Crippen LogP contribution in [-0.2, 0) is 11.3 Å². The van der Waals surface area contributed by atoms with Gasteiger partial charge in [0.05, 0.1) is 25.3 Å². The zero-order valence-corrected chi connectivity index (χ0v) is 19.1. The predicted molar refractivity (Wildman–Crippen MR) is 124 cm³/mol. The van der Waals surface area contributed by atoms with E-state index in [1.165, 1.54) is 14.2 Å². The lowest BCUT2D eigenvalue weighted by Crippen LogP contribution is -2.47. The van der Waals surface area contributed by atoms with Gasteiger partial charge in [-0.25, -0.2) is 4.98 Å². The molecule has 2 N–H and O–H groups in total. The van der Waals surface area contributed by atoms with Crippen LogP contribution in [0.4, 0.5) is 5.95 Å². The number of imidazole rings is 1. The fourth-order valence-corrected chi connectivity index (χ4v) is 3.51. The largest absolute Gasteiger partial charge is 0.497 e. The third kappa shape index (κ3) is 5.01. The van der Waals surface area contributed by atoms with E-state index in [1.54, 1.807) is 18.2 Å². The molecule has 1 heterocycles. The molecule has 1 atom stereocenters. The van der Waals surface area contributed by atoms with Crippen LogP contribution in [0.15, 0.2) is 42.5 Å². The van der Waals surface area contributed by atoms with Gasteiger partial charge in [0.25, 0.3) is 5.91 Å². The van der Waals surface area contributed by atoms with Gasteiger partial charge in [0.2, 0.25) is 11.9 Å². The lowest BCUT2D eigenvalue weighted by molar-refractivity contribution is -0.119. The summed E-state index contributed by atoms with van der Waals surface area (Å²) in [6, 6.07) is 11.9. The van der Waals surface area contributed by atoms with E-state index in [0.717, 1.165) is 24.0 Å². The van der Waals surface area contributed by atoms with Crippen molar-refractivity contribution in [1.82, 2.24) is 14.9 Å². The molecule has 3 aromatic rings. The number of amides is 2. The van der Waals surface area contributed by atoms with Crippen LogP contribution in [0.5, 0.6) is 11.5 Å². The van der Waals surface area contributed by atoms with Crippen LogP contribution in [0.25, 0.3) is 11.0 Å². The number of nitrogens with zero attached hydrogens (tertiary/aromatic N) is 2. The number of carbonyl (C=O) groups excluding carboxylic acids is 2. The highest BCUT2D eigenvalue weighted by Gasteiger charge is 2.27. The first kappa shape index (κ1) is 23.1. The van der Waals surface area contributed by atoms with Crippen LogP contribution in [-0.4, -0.2) is 41.6 Å². The maximum absolute atomic E-state index is 13.2. The summed E-state index contributed by atoms with van der Waals surface area (Å²) in [5.41, 5.74) is 2.11. The van der Waals surface area contributed by atoms with Crippen LogP contribution in [0, 0.1) is 5.92 Å². The van der Waals surface area contributed by atoms with Gasteiger partial charge in [0, 0.05) is 18.2 Å². The molecule has 0 spiro atoms. The second-order valence-corrected chi connectivity index (χ2v) is 7.86. The Balaban J connectivity index is 1.84. The minimum Gasteiger partial charge on any atom is -0.497 e. The molecule has 3 rings (SSSR count). The van der Waals surface area contributed by atoms with Crippen molar-refractivity contribution < 1.29 is 19.1 Å². The maximum Gasteiger partial charge on any atom is 0.252 e. The Morgan fingerprint density at radius 1 is 1.06 bits per heavy atom. The molecule has 0 aliphatic carbocycles. The Morgan fingerprint density at radius 2 is 1.72 bits per heavy atom. The Hall–Kier alpha value is -3.55. The standard InChI is InChI=1S/C24H30N4O4/c1-6-11-28-20-10-8-7-9-19(20)25-24(28)27-23(30)21(15(2)3)26-22(29)16-12-17(31-4)14-18(13-16)32-5/h7-10,12-15,21H,6,11H2,1-5H3,(H,26,29)(H,25,27,30)/t21-/m0/s1. The highest BCUT2D eigenvalue weighted by Crippen LogP contribution is 2.23. The predicted octanol–water partition coefficient (Wildman–Crippen LogP) is 3.86. The first-order valence-corrected chi connectivity index (χ1v) is 10.7. The van der Waals surface area contributed by atoms with E-state index >= 15 is 0 Å². The van der Waals surface area contributed by atoms with Gasteiger partial charge in [0.1, 0.15) is 17.5 Å². The number of anilines is 1. The lowest BCUT2D eigenvalue weighted by Gasteiger charge is -2.22. The summed E-state index contributed by atoms with van der Waals surface area (Å²) in [6.45, 7) is 6.55. The highest BCUT2D eigenvalue weighted by atomic mass is 16.5. The SMILES string of the molecule is CCCn1c(NC(=O)[C@@H](NC(=O)c2cc(OC)cc(OC)c2)C(C)C)nc2ccccc21. The Labute approximate surface area is 187 Å². The van der Waals surface area contributed by atoms with Crippen molar-refractivity contribution in [3.8, 4) is 11.5 Å². The summed E-state index contributed by atoms with van der Waals surface area (Å²) in [7, 11) is 3.03. The van der Waals surface area contributed by atoms with Crippen LogP contribution >= 0.6 is 0 Å². The van der Waals surface area contributed by atoms with E-state index in [4.69, 9.17) is 9.47 Å². The number of aromatic nitrogens is 2. The molecule has 0 aliphatic heterocycles. The zero-order chi connectivity index (χ0) is 23.3.